The molecule has 22 heavy (non-hydrogen) atoms. The normalized spacial score (nSPS) is 22.2. The molecule has 2 aliphatic rings. The van der Waals surface area contributed by atoms with Crippen LogP contribution >= 0.6 is 0 Å². The van der Waals surface area contributed by atoms with E-state index in [0.29, 0.717) is 0 Å². The van der Waals surface area contributed by atoms with Gasteiger partial charge in [0, 0.05) is 38.5 Å². The number of aryl methyl sites for hydroxylation is 2. The number of piperazine rings is 1. The van der Waals surface area contributed by atoms with Gasteiger partial charge in [0.15, 0.2) is 0 Å². The Kier molecular flexibility index (Phi) is 4.67. The standard InChI is InChI=1S/C18H26N2O2/c1-3-15-7-4-6-14(2)17(15)19-9-11-20(12-10-19)18(21)16-8-5-13-22-16/h4,6-7,16H,3,5,8-13H2,1-2H3. The average molecular weight is 302 g/mol. The van der Waals surface area contributed by atoms with Crippen molar-refractivity contribution in [3.8, 4) is 0 Å². The van der Waals surface area contributed by atoms with Gasteiger partial charge in [0.25, 0.3) is 5.91 Å². The molecular formula is C18H26N2O2. The van der Waals surface area contributed by atoms with Crippen LogP contribution in [-0.2, 0) is 16.0 Å². The Hall–Kier alpha value is -1.55. The van der Waals surface area contributed by atoms with Crippen molar-refractivity contribution in [2.75, 3.05) is 37.7 Å². The summed E-state index contributed by atoms with van der Waals surface area (Å²) in [7, 11) is 0. The molecule has 2 heterocycles. The van der Waals surface area contributed by atoms with E-state index >= 15 is 0 Å². The molecular weight excluding hydrogens is 276 g/mol. The lowest BCUT2D eigenvalue weighted by atomic mass is 10.0. The van der Waals surface area contributed by atoms with Gasteiger partial charge in [0.05, 0.1) is 0 Å². The molecule has 0 bridgehead atoms. The molecule has 1 atom stereocenters. The van der Waals surface area contributed by atoms with Crippen LogP contribution in [-0.4, -0.2) is 49.7 Å². The van der Waals surface area contributed by atoms with Crippen molar-refractivity contribution >= 4 is 11.6 Å². The molecule has 1 aromatic rings. The maximum absolute atomic E-state index is 12.4. The number of anilines is 1. The lowest BCUT2D eigenvalue weighted by Gasteiger charge is -2.38. The predicted molar refractivity (Wildman–Crippen MR) is 88.3 cm³/mol. The van der Waals surface area contributed by atoms with Gasteiger partial charge >= 0.3 is 0 Å². The monoisotopic (exact) mass is 302 g/mol. The molecule has 120 valence electrons. The van der Waals surface area contributed by atoms with Gasteiger partial charge in [-0.25, -0.2) is 0 Å². The summed E-state index contributed by atoms with van der Waals surface area (Å²) < 4.78 is 5.53. The number of hydrogen-bond donors (Lipinski definition) is 0. The van der Waals surface area contributed by atoms with Crippen molar-refractivity contribution in [2.45, 2.75) is 39.2 Å². The zero-order valence-electron chi connectivity index (χ0n) is 13.7. The van der Waals surface area contributed by atoms with Crippen LogP contribution in [0.15, 0.2) is 18.2 Å². The van der Waals surface area contributed by atoms with Crippen LogP contribution in [0.25, 0.3) is 0 Å². The molecule has 0 saturated carbocycles. The number of carbonyl (C=O) groups excluding carboxylic acids is 1. The number of amides is 1. The van der Waals surface area contributed by atoms with Gasteiger partial charge in [-0.2, -0.15) is 0 Å². The summed E-state index contributed by atoms with van der Waals surface area (Å²) in [5.74, 6) is 0.192. The van der Waals surface area contributed by atoms with E-state index < -0.39 is 0 Å². The van der Waals surface area contributed by atoms with Crippen molar-refractivity contribution in [1.29, 1.82) is 0 Å². The van der Waals surface area contributed by atoms with E-state index in [-0.39, 0.29) is 12.0 Å². The minimum absolute atomic E-state index is 0.184. The van der Waals surface area contributed by atoms with Crippen molar-refractivity contribution in [3.63, 3.8) is 0 Å². The Morgan fingerprint density at radius 1 is 1.27 bits per heavy atom. The number of hydrogen-bond acceptors (Lipinski definition) is 3. The van der Waals surface area contributed by atoms with Crippen molar-refractivity contribution < 1.29 is 9.53 Å². The fourth-order valence-corrected chi connectivity index (χ4v) is 3.58. The molecule has 0 spiro atoms. The first-order valence-electron chi connectivity index (χ1n) is 8.44. The summed E-state index contributed by atoms with van der Waals surface area (Å²) in [6.07, 6.45) is 2.76. The Bertz CT molecular complexity index is 530. The summed E-state index contributed by atoms with van der Waals surface area (Å²) in [6.45, 7) is 8.55. The summed E-state index contributed by atoms with van der Waals surface area (Å²) >= 11 is 0. The smallest absolute Gasteiger partial charge is 0.251 e. The Labute approximate surface area is 133 Å². The minimum Gasteiger partial charge on any atom is -0.368 e. The quantitative estimate of drug-likeness (QED) is 0.859. The van der Waals surface area contributed by atoms with Gasteiger partial charge in [0.2, 0.25) is 0 Å². The van der Waals surface area contributed by atoms with Crippen LogP contribution in [0, 0.1) is 6.92 Å². The molecule has 4 nitrogen and oxygen atoms in total. The lowest BCUT2D eigenvalue weighted by molar-refractivity contribution is -0.141. The molecule has 0 aliphatic carbocycles. The number of rotatable bonds is 3. The Morgan fingerprint density at radius 2 is 2.05 bits per heavy atom. The van der Waals surface area contributed by atoms with Crippen LogP contribution in [0.2, 0.25) is 0 Å². The molecule has 0 radical (unpaired) electrons. The van der Waals surface area contributed by atoms with E-state index in [1.807, 2.05) is 4.90 Å². The number of carbonyl (C=O) groups is 1. The Balaban J connectivity index is 1.66. The van der Waals surface area contributed by atoms with Crippen LogP contribution in [0.5, 0.6) is 0 Å². The van der Waals surface area contributed by atoms with Gasteiger partial charge in [-0.3, -0.25) is 4.79 Å². The van der Waals surface area contributed by atoms with Gasteiger partial charge in [-0.1, -0.05) is 25.1 Å². The molecule has 2 saturated heterocycles. The molecule has 1 unspecified atom stereocenters. The number of para-hydroxylation sites is 1. The van der Waals surface area contributed by atoms with E-state index in [1.54, 1.807) is 0 Å². The number of benzene rings is 1. The highest BCUT2D eigenvalue weighted by Gasteiger charge is 2.30. The first-order chi connectivity index (χ1) is 10.7. The highest BCUT2D eigenvalue weighted by atomic mass is 16.5. The summed E-state index contributed by atoms with van der Waals surface area (Å²) in [5.41, 5.74) is 4.10. The molecule has 1 aromatic carbocycles. The predicted octanol–water partition coefficient (Wildman–Crippen LogP) is 2.39. The van der Waals surface area contributed by atoms with Gasteiger partial charge in [-0.15, -0.1) is 0 Å². The van der Waals surface area contributed by atoms with Crippen LogP contribution in [0.4, 0.5) is 5.69 Å². The third-order valence-electron chi connectivity index (χ3n) is 4.81. The van der Waals surface area contributed by atoms with Crippen molar-refractivity contribution in [3.05, 3.63) is 29.3 Å². The van der Waals surface area contributed by atoms with E-state index in [9.17, 15) is 4.79 Å². The third-order valence-corrected chi connectivity index (χ3v) is 4.81. The number of nitrogens with zero attached hydrogens (tertiary/aromatic N) is 2. The van der Waals surface area contributed by atoms with Crippen LogP contribution < -0.4 is 4.90 Å². The molecule has 1 amide bonds. The minimum atomic E-state index is -0.184. The molecule has 0 aromatic heterocycles. The highest BCUT2D eigenvalue weighted by molar-refractivity contribution is 5.81. The summed E-state index contributed by atoms with van der Waals surface area (Å²) in [6, 6.07) is 6.53. The average Bonchev–Trinajstić information content (AvgIpc) is 3.08. The van der Waals surface area contributed by atoms with Crippen LogP contribution in [0.1, 0.15) is 30.9 Å². The first-order valence-corrected chi connectivity index (χ1v) is 8.44. The summed E-state index contributed by atoms with van der Waals surface area (Å²) in [4.78, 5) is 16.8. The zero-order chi connectivity index (χ0) is 15.5. The topological polar surface area (TPSA) is 32.8 Å². The molecule has 2 aliphatic heterocycles. The number of ether oxygens (including phenoxy) is 1. The van der Waals surface area contributed by atoms with Gasteiger partial charge in [-0.05, 0) is 37.3 Å². The second-order valence-corrected chi connectivity index (χ2v) is 6.25. The zero-order valence-corrected chi connectivity index (χ0v) is 13.7. The maximum Gasteiger partial charge on any atom is 0.251 e. The lowest BCUT2D eigenvalue weighted by Crippen LogP contribution is -2.51. The van der Waals surface area contributed by atoms with E-state index in [4.69, 9.17) is 4.74 Å². The second kappa shape index (κ2) is 6.69. The second-order valence-electron chi connectivity index (χ2n) is 6.25. The third kappa shape index (κ3) is 2.98. The largest absolute Gasteiger partial charge is 0.368 e. The van der Waals surface area contributed by atoms with E-state index in [0.717, 1.165) is 52.0 Å². The maximum atomic E-state index is 12.4. The molecule has 0 N–H and O–H groups in total. The molecule has 3 rings (SSSR count). The first kappa shape index (κ1) is 15.3. The fourth-order valence-electron chi connectivity index (χ4n) is 3.58. The Morgan fingerprint density at radius 3 is 2.68 bits per heavy atom. The van der Waals surface area contributed by atoms with Crippen molar-refractivity contribution in [2.24, 2.45) is 0 Å². The van der Waals surface area contributed by atoms with Crippen molar-refractivity contribution in [1.82, 2.24) is 4.90 Å². The molecule has 4 heteroatoms. The highest BCUT2D eigenvalue weighted by Crippen LogP contribution is 2.27. The van der Waals surface area contributed by atoms with Crippen LogP contribution in [0.3, 0.4) is 0 Å². The fraction of sp³-hybridized carbons (Fsp3) is 0.611. The van der Waals surface area contributed by atoms with Gasteiger partial charge in [0.1, 0.15) is 6.10 Å². The van der Waals surface area contributed by atoms with E-state index in [2.05, 4.69) is 36.9 Å². The van der Waals surface area contributed by atoms with Gasteiger partial charge < -0.3 is 14.5 Å². The summed E-state index contributed by atoms with van der Waals surface area (Å²) in [5, 5.41) is 0. The SMILES string of the molecule is CCc1cccc(C)c1N1CCN(C(=O)C2CCCO2)CC1. The molecule has 2 fully saturated rings. The van der Waals surface area contributed by atoms with E-state index in [1.165, 1.54) is 16.8 Å².